The molecule has 1 saturated carbocycles. The number of fused-ring (bicyclic) bond motifs is 2. The van der Waals surface area contributed by atoms with E-state index < -0.39 is 11.7 Å². The van der Waals surface area contributed by atoms with E-state index in [0.29, 0.717) is 34.2 Å². The van der Waals surface area contributed by atoms with E-state index in [2.05, 4.69) is 21.5 Å². The third-order valence-electron chi connectivity index (χ3n) is 7.24. The molecule has 6 rings (SSSR count). The number of aliphatic hydroxyl groups excluding tert-OH is 1. The molecule has 1 aliphatic heterocycles. The summed E-state index contributed by atoms with van der Waals surface area (Å²) in [4.78, 5) is 27.5. The summed E-state index contributed by atoms with van der Waals surface area (Å²) in [7, 11) is 0. The van der Waals surface area contributed by atoms with E-state index >= 15 is 4.39 Å². The molecule has 206 valence electrons. The lowest BCUT2D eigenvalue weighted by molar-refractivity contribution is 0.0985. The Morgan fingerprint density at radius 1 is 1.25 bits per heavy atom. The Labute approximate surface area is 233 Å². The van der Waals surface area contributed by atoms with Crippen LogP contribution < -0.4 is 9.64 Å². The van der Waals surface area contributed by atoms with E-state index in [0.717, 1.165) is 35.1 Å². The molecule has 2 aliphatic rings. The van der Waals surface area contributed by atoms with Crippen LogP contribution in [0.5, 0.6) is 5.75 Å². The first-order chi connectivity index (χ1) is 19.5. The fourth-order valence-electron chi connectivity index (χ4n) is 5.16. The van der Waals surface area contributed by atoms with Crippen molar-refractivity contribution in [2.45, 2.75) is 46.1 Å². The van der Waals surface area contributed by atoms with Crippen LogP contribution >= 0.6 is 0 Å². The van der Waals surface area contributed by atoms with Crippen molar-refractivity contribution in [1.29, 1.82) is 0 Å². The van der Waals surface area contributed by atoms with Crippen LogP contribution in [-0.4, -0.2) is 39.1 Å². The van der Waals surface area contributed by atoms with Crippen molar-refractivity contribution in [3.63, 3.8) is 0 Å². The number of nitrogens with one attached hydrogen (secondary N) is 1. The average Bonchev–Trinajstić information content (AvgIpc) is 3.76. The number of benzene rings is 2. The Balaban J connectivity index is 0.00000158. The largest absolute Gasteiger partial charge is 0.491 e. The summed E-state index contributed by atoms with van der Waals surface area (Å²) in [6, 6.07) is 10.6. The van der Waals surface area contributed by atoms with Crippen molar-refractivity contribution >= 4 is 28.3 Å². The quantitative estimate of drug-likeness (QED) is 0.263. The third kappa shape index (κ3) is 4.79. The van der Waals surface area contributed by atoms with Crippen molar-refractivity contribution in [1.82, 2.24) is 15.0 Å². The molecule has 0 saturated heterocycles. The van der Waals surface area contributed by atoms with Gasteiger partial charge >= 0.3 is 0 Å². The standard InChI is InChI=1S/C30H27FN4O3.C2H6/c1-3-17(4-2)28-33-27-21(10-11-32-29(27)34-28)20-6-5-7-24(22(20)16-36)35-12-13-38-25-15-19(18-8-9-18)14-23(31)26(25)30(35)37;1-2/h3-7,10-11,14-15,18,36H,1,8-9,12-13,16H2,2H3,(H,32,33,34);1-2H3/b17-4+;. The number of aromatic amines is 1. The molecule has 3 heterocycles. The summed E-state index contributed by atoms with van der Waals surface area (Å²) in [5.41, 5.74) is 5.40. The lowest BCUT2D eigenvalue weighted by atomic mass is 9.97. The van der Waals surface area contributed by atoms with Crippen LogP contribution in [0.1, 0.15) is 66.8 Å². The number of hydrogen-bond acceptors (Lipinski definition) is 5. The first-order valence-electron chi connectivity index (χ1n) is 13.7. The van der Waals surface area contributed by atoms with Crippen molar-refractivity contribution in [3.05, 3.63) is 89.7 Å². The number of anilines is 1. The van der Waals surface area contributed by atoms with E-state index in [1.807, 2.05) is 45.0 Å². The number of allylic oxidation sites excluding steroid dienone is 3. The molecule has 1 amide bonds. The predicted molar refractivity (Wildman–Crippen MR) is 156 cm³/mol. The number of halogens is 1. The van der Waals surface area contributed by atoms with E-state index in [1.54, 1.807) is 24.4 Å². The molecule has 0 atom stereocenters. The molecular weight excluding hydrogens is 507 g/mol. The van der Waals surface area contributed by atoms with Gasteiger partial charge in [0.25, 0.3) is 5.91 Å². The van der Waals surface area contributed by atoms with Gasteiger partial charge in [-0.3, -0.25) is 4.79 Å². The highest BCUT2D eigenvalue weighted by molar-refractivity contribution is 6.09. The monoisotopic (exact) mass is 540 g/mol. The molecule has 0 radical (unpaired) electrons. The van der Waals surface area contributed by atoms with Gasteiger partial charge in [-0.2, -0.15) is 0 Å². The van der Waals surface area contributed by atoms with Gasteiger partial charge in [0.1, 0.15) is 29.6 Å². The zero-order chi connectivity index (χ0) is 28.4. The molecular formula is C32H33FN4O3. The van der Waals surface area contributed by atoms with Gasteiger partial charge in [-0.15, -0.1) is 0 Å². The maximum Gasteiger partial charge on any atom is 0.265 e. The Hall–Kier alpha value is -4.30. The number of aliphatic hydroxyl groups is 1. The molecule has 2 aromatic carbocycles. The number of amides is 1. The number of H-pyrrole nitrogens is 1. The second-order valence-corrected chi connectivity index (χ2v) is 9.51. The van der Waals surface area contributed by atoms with Crippen molar-refractivity contribution in [2.75, 3.05) is 18.1 Å². The number of nitrogens with zero attached hydrogens (tertiary/aromatic N) is 3. The van der Waals surface area contributed by atoms with Gasteiger partial charge in [0.05, 0.1) is 24.4 Å². The minimum absolute atomic E-state index is 0.0750. The Morgan fingerprint density at radius 2 is 2.05 bits per heavy atom. The molecule has 2 aromatic heterocycles. The van der Waals surface area contributed by atoms with Crippen molar-refractivity contribution < 1.29 is 19.0 Å². The number of rotatable bonds is 6. The minimum Gasteiger partial charge on any atom is -0.491 e. The van der Waals surface area contributed by atoms with Crippen LogP contribution in [0.2, 0.25) is 0 Å². The molecule has 0 bridgehead atoms. The Kier molecular flexibility index (Phi) is 7.80. The van der Waals surface area contributed by atoms with E-state index in [-0.39, 0.29) is 31.1 Å². The van der Waals surface area contributed by atoms with Gasteiger partial charge < -0.3 is 19.7 Å². The number of carbonyl (C=O) groups is 1. The molecule has 0 spiro atoms. The predicted octanol–water partition coefficient (Wildman–Crippen LogP) is 6.79. The van der Waals surface area contributed by atoms with Gasteiger partial charge in [0.15, 0.2) is 5.65 Å². The van der Waals surface area contributed by atoms with Crippen LogP contribution in [0, 0.1) is 5.82 Å². The van der Waals surface area contributed by atoms with E-state index in [1.165, 1.54) is 11.0 Å². The fourth-order valence-corrected chi connectivity index (χ4v) is 5.16. The number of carbonyl (C=O) groups excluding carboxylic acids is 1. The molecule has 40 heavy (non-hydrogen) atoms. The molecule has 0 unspecified atom stereocenters. The summed E-state index contributed by atoms with van der Waals surface area (Å²) < 4.78 is 21.1. The molecule has 8 heteroatoms. The molecule has 1 fully saturated rings. The molecule has 7 nitrogen and oxygen atoms in total. The number of aromatic nitrogens is 3. The van der Waals surface area contributed by atoms with Gasteiger partial charge in [0, 0.05) is 22.9 Å². The zero-order valence-electron chi connectivity index (χ0n) is 23.0. The lowest BCUT2D eigenvalue weighted by Crippen LogP contribution is -2.33. The summed E-state index contributed by atoms with van der Waals surface area (Å²) in [5.74, 6) is 0.184. The average molecular weight is 541 g/mol. The van der Waals surface area contributed by atoms with Gasteiger partial charge in [-0.05, 0) is 61.1 Å². The second kappa shape index (κ2) is 11.4. The number of imidazole rings is 1. The second-order valence-electron chi connectivity index (χ2n) is 9.51. The van der Waals surface area contributed by atoms with Gasteiger partial charge in [-0.25, -0.2) is 14.4 Å². The lowest BCUT2D eigenvalue weighted by Gasteiger charge is -2.24. The zero-order valence-corrected chi connectivity index (χ0v) is 23.0. The van der Waals surface area contributed by atoms with Crippen LogP contribution in [0.3, 0.4) is 0 Å². The number of pyridine rings is 1. The Morgan fingerprint density at radius 3 is 2.75 bits per heavy atom. The maximum absolute atomic E-state index is 15.3. The smallest absolute Gasteiger partial charge is 0.265 e. The highest BCUT2D eigenvalue weighted by atomic mass is 19.1. The van der Waals surface area contributed by atoms with Crippen molar-refractivity contribution in [2.24, 2.45) is 0 Å². The van der Waals surface area contributed by atoms with Crippen LogP contribution in [0.25, 0.3) is 27.9 Å². The minimum atomic E-state index is -0.578. The van der Waals surface area contributed by atoms with E-state index in [4.69, 9.17) is 4.74 Å². The topological polar surface area (TPSA) is 91.3 Å². The van der Waals surface area contributed by atoms with Gasteiger partial charge in [-0.1, -0.05) is 44.7 Å². The highest BCUT2D eigenvalue weighted by Gasteiger charge is 2.33. The van der Waals surface area contributed by atoms with Crippen molar-refractivity contribution in [3.8, 4) is 16.9 Å². The van der Waals surface area contributed by atoms with Crippen LogP contribution in [0.15, 0.2) is 61.3 Å². The Bertz CT molecular complexity index is 1620. The number of ether oxygens (including phenoxy) is 1. The molecule has 1 aliphatic carbocycles. The summed E-state index contributed by atoms with van der Waals surface area (Å²) in [6.45, 7) is 9.84. The first kappa shape index (κ1) is 27.3. The SMILES string of the molecule is C=C/C(=C\C)c1nc2nccc(-c3cccc(N4CCOc5cc(C6CC6)cc(F)c5C4=O)c3CO)c2[nH]1.CC. The fraction of sp³-hybridized carbons (Fsp3) is 0.281. The third-order valence-corrected chi connectivity index (χ3v) is 7.24. The first-order valence-corrected chi connectivity index (χ1v) is 13.7. The molecule has 2 N–H and O–H groups in total. The number of hydrogen-bond donors (Lipinski definition) is 2. The summed E-state index contributed by atoms with van der Waals surface area (Å²) in [5, 5.41) is 10.5. The van der Waals surface area contributed by atoms with E-state index in [9.17, 15) is 9.90 Å². The maximum atomic E-state index is 15.3. The summed E-state index contributed by atoms with van der Waals surface area (Å²) in [6.07, 6.45) is 7.33. The van der Waals surface area contributed by atoms with Gasteiger partial charge in [0.2, 0.25) is 0 Å². The summed E-state index contributed by atoms with van der Waals surface area (Å²) >= 11 is 0. The molecule has 4 aromatic rings. The van der Waals surface area contributed by atoms with Crippen LogP contribution in [-0.2, 0) is 6.61 Å². The highest BCUT2D eigenvalue weighted by Crippen LogP contribution is 2.43. The van der Waals surface area contributed by atoms with Crippen LogP contribution in [0.4, 0.5) is 10.1 Å². The normalized spacial score (nSPS) is 15.2.